The Bertz CT molecular complexity index is 474. The van der Waals surface area contributed by atoms with Crippen LogP contribution in [0.4, 0.5) is 6.01 Å². The molecular formula is C14H21N3O3. The van der Waals surface area contributed by atoms with E-state index in [0.717, 1.165) is 26.1 Å². The Morgan fingerprint density at radius 2 is 2.30 bits per heavy atom. The van der Waals surface area contributed by atoms with Gasteiger partial charge in [0.2, 0.25) is 0 Å². The predicted molar refractivity (Wildman–Crippen MR) is 73.9 cm³/mol. The van der Waals surface area contributed by atoms with Gasteiger partial charge in [0, 0.05) is 25.7 Å². The van der Waals surface area contributed by atoms with E-state index in [1.807, 2.05) is 0 Å². The van der Waals surface area contributed by atoms with E-state index in [4.69, 9.17) is 9.15 Å². The summed E-state index contributed by atoms with van der Waals surface area (Å²) in [5.74, 6) is -0.417. The third-order valence-electron chi connectivity index (χ3n) is 4.05. The van der Waals surface area contributed by atoms with Crippen molar-refractivity contribution in [2.24, 2.45) is 0 Å². The van der Waals surface area contributed by atoms with Gasteiger partial charge in [-0.05, 0) is 32.7 Å². The molecule has 0 N–H and O–H groups in total. The van der Waals surface area contributed by atoms with Crippen molar-refractivity contribution in [3.63, 3.8) is 0 Å². The molecule has 2 aliphatic rings. The summed E-state index contributed by atoms with van der Waals surface area (Å²) in [6, 6.07) is 1.14. The highest BCUT2D eigenvalue weighted by molar-refractivity contribution is 5.87. The van der Waals surface area contributed by atoms with Crippen LogP contribution in [0.25, 0.3) is 0 Å². The van der Waals surface area contributed by atoms with Gasteiger partial charge in [-0.2, -0.15) is 4.98 Å². The molecule has 6 nitrogen and oxygen atoms in total. The summed E-state index contributed by atoms with van der Waals surface area (Å²) in [7, 11) is 0. The summed E-state index contributed by atoms with van der Waals surface area (Å²) in [5, 5.41) is 0. The minimum Gasteiger partial charge on any atom is -0.461 e. The highest BCUT2D eigenvalue weighted by atomic mass is 16.5. The number of anilines is 1. The average molecular weight is 279 g/mol. The number of hydrogen-bond acceptors (Lipinski definition) is 6. The van der Waals surface area contributed by atoms with Crippen LogP contribution in [0.5, 0.6) is 0 Å². The largest absolute Gasteiger partial charge is 0.461 e. The maximum atomic E-state index is 11.6. The Morgan fingerprint density at radius 3 is 3.15 bits per heavy atom. The van der Waals surface area contributed by atoms with Crippen molar-refractivity contribution in [3.05, 3.63) is 12.0 Å². The van der Waals surface area contributed by atoms with Gasteiger partial charge in [0.15, 0.2) is 5.69 Å². The van der Waals surface area contributed by atoms with Crippen molar-refractivity contribution < 1.29 is 13.9 Å². The number of carbonyl (C=O) groups excluding carboxylic acids is 1. The molecule has 0 saturated carbocycles. The van der Waals surface area contributed by atoms with E-state index in [1.165, 1.54) is 25.6 Å². The Kier molecular flexibility index (Phi) is 3.91. The van der Waals surface area contributed by atoms with Gasteiger partial charge in [0.05, 0.1) is 6.61 Å². The summed E-state index contributed by atoms with van der Waals surface area (Å²) < 4.78 is 10.4. The fourth-order valence-electron chi connectivity index (χ4n) is 3.09. The second-order valence-corrected chi connectivity index (χ2v) is 5.37. The molecule has 0 aromatic carbocycles. The molecule has 0 radical (unpaired) electrons. The Balaban J connectivity index is 1.70. The number of esters is 1. The first-order valence-electron chi connectivity index (χ1n) is 7.39. The summed E-state index contributed by atoms with van der Waals surface area (Å²) in [6.07, 6.45) is 5.01. The van der Waals surface area contributed by atoms with E-state index in [2.05, 4.69) is 14.8 Å². The smallest absolute Gasteiger partial charge is 0.360 e. The number of aromatic nitrogens is 1. The summed E-state index contributed by atoms with van der Waals surface area (Å²) in [5.41, 5.74) is 0.259. The van der Waals surface area contributed by atoms with E-state index in [1.54, 1.807) is 6.92 Å². The average Bonchev–Trinajstić information content (AvgIpc) is 3.05. The lowest BCUT2D eigenvalue weighted by Gasteiger charge is -2.24. The first-order chi connectivity index (χ1) is 9.78. The number of oxazole rings is 1. The van der Waals surface area contributed by atoms with Crippen molar-refractivity contribution in [2.45, 2.75) is 32.2 Å². The molecule has 0 spiro atoms. The molecule has 2 saturated heterocycles. The highest BCUT2D eigenvalue weighted by Gasteiger charge is 2.30. The van der Waals surface area contributed by atoms with Gasteiger partial charge in [-0.1, -0.05) is 0 Å². The highest BCUT2D eigenvalue weighted by Crippen LogP contribution is 2.24. The molecule has 0 amide bonds. The van der Waals surface area contributed by atoms with Gasteiger partial charge in [-0.15, -0.1) is 0 Å². The van der Waals surface area contributed by atoms with Gasteiger partial charge in [-0.3, -0.25) is 4.90 Å². The van der Waals surface area contributed by atoms with Crippen LogP contribution in [0.3, 0.4) is 0 Å². The minimum absolute atomic E-state index is 0.259. The Hall–Kier alpha value is -1.56. The molecule has 3 heterocycles. The molecule has 1 unspecified atom stereocenters. The normalized spacial score (nSPS) is 23.4. The second-order valence-electron chi connectivity index (χ2n) is 5.37. The zero-order chi connectivity index (χ0) is 13.9. The van der Waals surface area contributed by atoms with E-state index >= 15 is 0 Å². The third-order valence-corrected chi connectivity index (χ3v) is 4.05. The lowest BCUT2D eigenvalue weighted by molar-refractivity contribution is 0.0519. The first kappa shape index (κ1) is 13.4. The maximum absolute atomic E-state index is 11.6. The summed E-state index contributed by atoms with van der Waals surface area (Å²) in [4.78, 5) is 20.6. The van der Waals surface area contributed by atoms with Crippen LogP contribution in [0.15, 0.2) is 10.7 Å². The fraction of sp³-hybridized carbons (Fsp3) is 0.714. The van der Waals surface area contributed by atoms with Gasteiger partial charge in [0.25, 0.3) is 6.01 Å². The first-order valence-corrected chi connectivity index (χ1v) is 7.39. The zero-order valence-corrected chi connectivity index (χ0v) is 11.9. The number of hydrogen-bond donors (Lipinski definition) is 0. The molecule has 1 aromatic rings. The van der Waals surface area contributed by atoms with Crippen LogP contribution in [0.1, 0.15) is 36.7 Å². The summed E-state index contributed by atoms with van der Waals surface area (Å²) in [6.45, 7) is 6.34. The van der Waals surface area contributed by atoms with Crippen molar-refractivity contribution in [2.75, 3.05) is 37.7 Å². The van der Waals surface area contributed by atoms with Crippen LogP contribution in [0.2, 0.25) is 0 Å². The maximum Gasteiger partial charge on any atom is 0.360 e. The van der Waals surface area contributed by atoms with Crippen LogP contribution < -0.4 is 4.90 Å². The Labute approximate surface area is 118 Å². The molecule has 3 rings (SSSR count). The quantitative estimate of drug-likeness (QED) is 0.782. The van der Waals surface area contributed by atoms with E-state index in [0.29, 0.717) is 18.7 Å². The van der Waals surface area contributed by atoms with Crippen LogP contribution >= 0.6 is 0 Å². The molecule has 110 valence electrons. The molecular weight excluding hydrogens is 258 g/mol. The fourth-order valence-corrected chi connectivity index (χ4v) is 3.09. The van der Waals surface area contributed by atoms with Gasteiger partial charge in [0.1, 0.15) is 6.26 Å². The number of rotatable bonds is 3. The summed E-state index contributed by atoms with van der Waals surface area (Å²) >= 11 is 0. The predicted octanol–water partition coefficient (Wildman–Crippen LogP) is 1.53. The van der Waals surface area contributed by atoms with Crippen LogP contribution in [-0.4, -0.2) is 54.7 Å². The lowest BCUT2D eigenvalue weighted by atomic mass is 10.2. The lowest BCUT2D eigenvalue weighted by Crippen LogP contribution is -2.36. The number of carbonyl (C=O) groups is 1. The third kappa shape index (κ3) is 2.65. The van der Waals surface area contributed by atoms with Gasteiger partial charge >= 0.3 is 5.97 Å². The monoisotopic (exact) mass is 279 g/mol. The van der Waals surface area contributed by atoms with Crippen molar-refractivity contribution >= 4 is 12.0 Å². The zero-order valence-electron chi connectivity index (χ0n) is 11.9. The number of nitrogens with zero attached hydrogens (tertiary/aromatic N) is 3. The SMILES string of the molecule is CCOC(=O)c1coc(N2CCCN3CCCC3C2)n1. The van der Waals surface area contributed by atoms with Crippen molar-refractivity contribution in [3.8, 4) is 0 Å². The van der Waals surface area contributed by atoms with E-state index < -0.39 is 5.97 Å². The molecule has 6 heteroatoms. The van der Waals surface area contributed by atoms with E-state index in [9.17, 15) is 4.79 Å². The van der Waals surface area contributed by atoms with E-state index in [-0.39, 0.29) is 5.69 Å². The number of fused-ring (bicyclic) bond motifs is 1. The van der Waals surface area contributed by atoms with Crippen molar-refractivity contribution in [1.29, 1.82) is 0 Å². The van der Waals surface area contributed by atoms with Gasteiger partial charge < -0.3 is 14.1 Å². The molecule has 2 aliphatic heterocycles. The molecule has 1 atom stereocenters. The van der Waals surface area contributed by atoms with Gasteiger partial charge in [-0.25, -0.2) is 4.79 Å². The van der Waals surface area contributed by atoms with Crippen LogP contribution in [-0.2, 0) is 4.74 Å². The Morgan fingerprint density at radius 1 is 1.45 bits per heavy atom. The van der Waals surface area contributed by atoms with Crippen molar-refractivity contribution in [1.82, 2.24) is 9.88 Å². The number of ether oxygens (including phenoxy) is 1. The molecule has 0 bridgehead atoms. The minimum atomic E-state index is -0.417. The molecule has 2 fully saturated rings. The molecule has 1 aromatic heterocycles. The van der Waals surface area contributed by atoms with Crippen LogP contribution in [0, 0.1) is 0 Å². The topological polar surface area (TPSA) is 58.8 Å². The molecule has 20 heavy (non-hydrogen) atoms. The second kappa shape index (κ2) is 5.83. The molecule has 0 aliphatic carbocycles. The standard InChI is InChI=1S/C14H21N3O3/c1-2-19-13(18)12-10-20-14(15-12)17-8-4-7-16-6-3-5-11(16)9-17/h10-11H,2-9H2,1H3.